The van der Waals surface area contributed by atoms with Crippen molar-refractivity contribution in [3.05, 3.63) is 34.9 Å². The van der Waals surface area contributed by atoms with Gasteiger partial charge in [-0.05, 0) is 32.0 Å². The molecule has 0 bridgehead atoms. The highest BCUT2D eigenvalue weighted by molar-refractivity contribution is 6.31. The zero-order valence-electron chi connectivity index (χ0n) is 13.1. The molecular formula is C16H21ClN2O4. The second-order valence-corrected chi connectivity index (χ2v) is 6.39. The topological polar surface area (TPSA) is 89.9 Å². The molecule has 2 rings (SSSR count). The molecule has 0 unspecified atom stereocenters. The Morgan fingerprint density at radius 3 is 2.65 bits per heavy atom. The van der Waals surface area contributed by atoms with Crippen LogP contribution in [0.2, 0.25) is 5.02 Å². The molecule has 3 N–H and O–H groups in total. The summed E-state index contributed by atoms with van der Waals surface area (Å²) in [4.78, 5) is 25.9. The lowest BCUT2D eigenvalue weighted by molar-refractivity contribution is -0.148. The van der Waals surface area contributed by atoms with E-state index in [1.807, 2.05) is 12.1 Å². The summed E-state index contributed by atoms with van der Waals surface area (Å²) in [5.74, 6) is -1.82. The number of nitrogens with zero attached hydrogens (tertiary/aromatic N) is 1. The molecule has 1 aliphatic rings. The highest BCUT2D eigenvalue weighted by atomic mass is 35.5. The molecule has 7 heteroatoms. The van der Waals surface area contributed by atoms with Gasteiger partial charge in [-0.25, -0.2) is 0 Å². The molecule has 1 saturated heterocycles. The van der Waals surface area contributed by atoms with Crippen molar-refractivity contribution in [1.29, 1.82) is 0 Å². The summed E-state index contributed by atoms with van der Waals surface area (Å²) in [6.45, 7) is 1.58. The van der Waals surface area contributed by atoms with Gasteiger partial charge in [0.05, 0.1) is 12.5 Å². The molecule has 126 valence electrons. The Balaban J connectivity index is 2.43. The minimum atomic E-state index is -1.16. The van der Waals surface area contributed by atoms with Crippen molar-refractivity contribution in [1.82, 2.24) is 10.2 Å². The quantitative estimate of drug-likeness (QED) is 0.751. The molecule has 0 saturated carbocycles. The van der Waals surface area contributed by atoms with Gasteiger partial charge in [0.1, 0.15) is 5.54 Å². The predicted molar refractivity (Wildman–Crippen MR) is 86.2 cm³/mol. The Kier molecular flexibility index (Phi) is 5.29. The number of carboxylic acids is 1. The third kappa shape index (κ3) is 3.20. The molecule has 1 fully saturated rings. The molecule has 1 aromatic rings. The van der Waals surface area contributed by atoms with E-state index < -0.39 is 23.5 Å². The fourth-order valence-electron chi connectivity index (χ4n) is 3.19. The summed E-state index contributed by atoms with van der Waals surface area (Å²) >= 11 is 6.27. The Morgan fingerprint density at radius 2 is 2.09 bits per heavy atom. The molecule has 1 aromatic carbocycles. The summed E-state index contributed by atoms with van der Waals surface area (Å²) in [7, 11) is 1.70. The Labute approximate surface area is 140 Å². The van der Waals surface area contributed by atoms with Crippen LogP contribution in [0, 0.1) is 5.92 Å². The lowest BCUT2D eigenvalue weighted by Gasteiger charge is -2.32. The van der Waals surface area contributed by atoms with Gasteiger partial charge in [-0.3, -0.25) is 14.5 Å². The minimum Gasteiger partial charge on any atom is -0.480 e. The molecule has 1 amide bonds. The van der Waals surface area contributed by atoms with Gasteiger partial charge in [-0.15, -0.1) is 0 Å². The average Bonchev–Trinajstić information content (AvgIpc) is 2.79. The highest BCUT2D eigenvalue weighted by Gasteiger charge is 2.54. The number of carbonyl (C=O) groups excluding carboxylic acids is 1. The maximum Gasteiger partial charge on any atom is 0.323 e. The van der Waals surface area contributed by atoms with Crippen LogP contribution >= 0.6 is 11.6 Å². The monoisotopic (exact) mass is 340 g/mol. The largest absolute Gasteiger partial charge is 0.480 e. The lowest BCUT2D eigenvalue weighted by Crippen LogP contribution is -2.46. The van der Waals surface area contributed by atoms with Crippen LogP contribution in [-0.2, 0) is 9.59 Å². The van der Waals surface area contributed by atoms with Crippen LogP contribution in [0.4, 0.5) is 0 Å². The van der Waals surface area contributed by atoms with E-state index in [1.165, 1.54) is 0 Å². The molecular weight excluding hydrogens is 320 g/mol. The van der Waals surface area contributed by atoms with Crippen LogP contribution in [-0.4, -0.2) is 52.7 Å². The van der Waals surface area contributed by atoms with E-state index in [2.05, 4.69) is 5.32 Å². The standard InChI is InChI=1S/C16H21ClN2O4/c1-16(15(22)23)9-11(14(21)18-7-8-20)13(19(16)2)10-5-3-4-6-12(10)17/h3-6,11,13,20H,7-9H2,1-2H3,(H,18,21)(H,22,23)/t11-,13-,16-/m0/s1. The minimum absolute atomic E-state index is 0.137. The molecule has 1 aliphatic heterocycles. The smallest absolute Gasteiger partial charge is 0.323 e. The number of carboxylic acid groups (broad SMARTS) is 1. The van der Waals surface area contributed by atoms with Crippen LogP contribution in [0.3, 0.4) is 0 Å². The van der Waals surface area contributed by atoms with Crippen molar-refractivity contribution in [2.45, 2.75) is 24.9 Å². The predicted octanol–water partition coefficient (Wildman–Crippen LogP) is 1.28. The number of aliphatic carboxylic acids is 1. The van der Waals surface area contributed by atoms with Gasteiger partial charge < -0.3 is 15.5 Å². The molecule has 0 radical (unpaired) electrons. The first-order valence-electron chi connectivity index (χ1n) is 7.42. The Bertz CT molecular complexity index is 609. The maximum absolute atomic E-state index is 12.5. The van der Waals surface area contributed by atoms with Crippen molar-refractivity contribution in [2.75, 3.05) is 20.2 Å². The van der Waals surface area contributed by atoms with Crippen LogP contribution in [0.1, 0.15) is 24.9 Å². The Morgan fingerprint density at radius 1 is 1.43 bits per heavy atom. The number of aliphatic hydroxyl groups is 1. The summed E-state index contributed by atoms with van der Waals surface area (Å²) in [5.41, 5.74) is -0.434. The van der Waals surface area contributed by atoms with E-state index in [1.54, 1.807) is 31.0 Å². The average molecular weight is 341 g/mol. The summed E-state index contributed by atoms with van der Waals surface area (Å²) in [6.07, 6.45) is 0.173. The van der Waals surface area contributed by atoms with E-state index in [-0.39, 0.29) is 25.5 Å². The van der Waals surface area contributed by atoms with Crippen molar-refractivity contribution in [2.24, 2.45) is 5.92 Å². The number of likely N-dealkylation sites (tertiary alicyclic amines) is 1. The van der Waals surface area contributed by atoms with E-state index in [0.717, 1.165) is 5.56 Å². The molecule has 0 aliphatic carbocycles. The molecule has 0 aromatic heterocycles. The zero-order valence-corrected chi connectivity index (χ0v) is 13.9. The van der Waals surface area contributed by atoms with Gasteiger partial charge >= 0.3 is 5.97 Å². The number of likely N-dealkylation sites (N-methyl/N-ethyl adjacent to an activating group) is 1. The molecule has 6 nitrogen and oxygen atoms in total. The third-order valence-corrected chi connectivity index (χ3v) is 4.97. The first-order valence-corrected chi connectivity index (χ1v) is 7.80. The number of carbonyl (C=O) groups is 2. The molecule has 3 atom stereocenters. The van der Waals surface area contributed by atoms with E-state index >= 15 is 0 Å². The lowest BCUT2D eigenvalue weighted by atomic mass is 9.89. The van der Waals surface area contributed by atoms with Gasteiger partial charge in [0.2, 0.25) is 5.91 Å². The van der Waals surface area contributed by atoms with Crippen molar-refractivity contribution < 1.29 is 19.8 Å². The SMILES string of the molecule is CN1[C@@H](c2ccccc2Cl)[C@@H](C(=O)NCCO)C[C@@]1(C)C(=O)O. The van der Waals surface area contributed by atoms with Crippen LogP contribution in [0.15, 0.2) is 24.3 Å². The number of hydrogen-bond acceptors (Lipinski definition) is 4. The van der Waals surface area contributed by atoms with Gasteiger partial charge in [-0.1, -0.05) is 29.8 Å². The number of rotatable bonds is 5. The second-order valence-electron chi connectivity index (χ2n) is 5.98. The van der Waals surface area contributed by atoms with Crippen LogP contribution in [0.5, 0.6) is 0 Å². The zero-order chi connectivity index (χ0) is 17.2. The maximum atomic E-state index is 12.5. The van der Waals surface area contributed by atoms with Crippen LogP contribution < -0.4 is 5.32 Å². The molecule has 0 spiro atoms. The van der Waals surface area contributed by atoms with E-state index in [4.69, 9.17) is 16.7 Å². The first-order chi connectivity index (χ1) is 10.8. The van der Waals surface area contributed by atoms with Gasteiger partial charge in [-0.2, -0.15) is 0 Å². The number of amides is 1. The fraction of sp³-hybridized carbons (Fsp3) is 0.500. The van der Waals surface area contributed by atoms with Gasteiger partial charge in [0.25, 0.3) is 0 Å². The van der Waals surface area contributed by atoms with Gasteiger partial charge in [0, 0.05) is 17.6 Å². The van der Waals surface area contributed by atoms with Crippen molar-refractivity contribution >= 4 is 23.5 Å². The first kappa shape index (κ1) is 17.7. The molecule has 1 heterocycles. The van der Waals surface area contributed by atoms with E-state index in [9.17, 15) is 14.7 Å². The number of halogens is 1. The summed E-state index contributed by atoms with van der Waals surface area (Å²) in [6, 6.07) is 6.70. The number of aliphatic hydroxyl groups excluding tert-OH is 1. The normalized spacial score (nSPS) is 27.8. The second kappa shape index (κ2) is 6.86. The fourth-order valence-corrected chi connectivity index (χ4v) is 3.43. The van der Waals surface area contributed by atoms with Crippen molar-refractivity contribution in [3.8, 4) is 0 Å². The molecule has 23 heavy (non-hydrogen) atoms. The number of nitrogens with one attached hydrogen (secondary N) is 1. The highest BCUT2D eigenvalue weighted by Crippen LogP contribution is 2.47. The Hall–Kier alpha value is -1.63. The van der Waals surface area contributed by atoms with Crippen LogP contribution in [0.25, 0.3) is 0 Å². The van der Waals surface area contributed by atoms with Gasteiger partial charge in [0.15, 0.2) is 0 Å². The summed E-state index contributed by atoms with van der Waals surface area (Å²) in [5, 5.41) is 21.6. The number of benzene rings is 1. The third-order valence-electron chi connectivity index (χ3n) is 4.63. The summed E-state index contributed by atoms with van der Waals surface area (Å²) < 4.78 is 0. The van der Waals surface area contributed by atoms with E-state index in [0.29, 0.717) is 5.02 Å². The number of hydrogen-bond donors (Lipinski definition) is 3. The van der Waals surface area contributed by atoms with Crippen molar-refractivity contribution in [3.63, 3.8) is 0 Å².